The van der Waals surface area contributed by atoms with Crippen molar-refractivity contribution in [2.45, 2.75) is 6.18 Å². The van der Waals surface area contributed by atoms with Gasteiger partial charge in [-0.1, -0.05) is 6.07 Å². The Hall–Kier alpha value is -3.56. The number of carbonyl (C=O) groups excluding carboxylic acids is 3. The molecule has 7 nitrogen and oxygen atoms in total. The summed E-state index contributed by atoms with van der Waals surface area (Å²) in [7, 11) is 0. The van der Waals surface area contributed by atoms with Crippen LogP contribution in [0.2, 0.25) is 0 Å². The molecule has 10 heteroatoms. The summed E-state index contributed by atoms with van der Waals surface area (Å²) in [6, 6.07) is 5.73. The molecule has 1 fully saturated rings. The minimum atomic E-state index is -4.65. The molecular weight excluding hydrogens is 365 g/mol. The number of urea groups is 1. The highest BCUT2D eigenvalue weighted by Gasteiger charge is 2.41. The van der Waals surface area contributed by atoms with Crippen molar-refractivity contribution < 1.29 is 27.6 Å². The third-order valence-corrected chi connectivity index (χ3v) is 3.65. The second-order valence-corrected chi connectivity index (χ2v) is 5.48. The third kappa shape index (κ3) is 3.84. The number of aromatic nitrogens is 1. The Morgan fingerprint density at radius 2 is 1.93 bits per heavy atom. The predicted octanol–water partition coefficient (Wildman–Crippen LogP) is 2.70. The molecule has 1 aromatic heterocycles. The van der Waals surface area contributed by atoms with E-state index in [4.69, 9.17) is 0 Å². The van der Waals surface area contributed by atoms with Gasteiger partial charge in [0.15, 0.2) is 5.92 Å². The van der Waals surface area contributed by atoms with Crippen LogP contribution in [0.1, 0.15) is 5.56 Å². The van der Waals surface area contributed by atoms with Crippen LogP contribution in [-0.2, 0) is 15.8 Å². The first kappa shape index (κ1) is 18.2. The number of pyridine rings is 1. The number of aliphatic imine (C=N–C) groups is 1. The van der Waals surface area contributed by atoms with Crippen LogP contribution in [-0.4, -0.2) is 29.0 Å². The highest BCUT2D eigenvalue weighted by atomic mass is 19.4. The Morgan fingerprint density at radius 3 is 2.59 bits per heavy atom. The van der Waals surface area contributed by atoms with E-state index in [1.165, 1.54) is 12.4 Å². The van der Waals surface area contributed by atoms with E-state index in [1.54, 1.807) is 12.1 Å². The predicted molar refractivity (Wildman–Crippen MR) is 88.3 cm³/mol. The fraction of sp³-hybridized carbons (Fsp3) is 0.118. The zero-order chi connectivity index (χ0) is 19.6. The van der Waals surface area contributed by atoms with Crippen LogP contribution in [0, 0.1) is 5.92 Å². The molecule has 3 rings (SSSR count). The maximum Gasteiger partial charge on any atom is 0.416 e. The molecule has 2 heterocycles. The summed E-state index contributed by atoms with van der Waals surface area (Å²) in [6.07, 6.45) is -0.743. The molecule has 138 valence electrons. The van der Waals surface area contributed by atoms with Crippen LogP contribution in [0.25, 0.3) is 0 Å². The van der Waals surface area contributed by atoms with Gasteiger partial charge in [0.25, 0.3) is 5.91 Å². The van der Waals surface area contributed by atoms with E-state index >= 15 is 0 Å². The molecule has 0 radical (unpaired) electrons. The maximum atomic E-state index is 12.9. The van der Waals surface area contributed by atoms with Crippen LogP contribution in [0.3, 0.4) is 0 Å². The van der Waals surface area contributed by atoms with Crippen molar-refractivity contribution in [1.29, 1.82) is 0 Å². The summed E-state index contributed by atoms with van der Waals surface area (Å²) in [6.45, 7) is 0. The molecule has 2 aromatic rings. The number of carbonyl (C=O) groups is 3. The van der Waals surface area contributed by atoms with Gasteiger partial charge in [0.05, 0.1) is 23.1 Å². The molecular formula is C17H11F3N4O3. The van der Waals surface area contributed by atoms with Crippen LogP contribution >= 0.6 is 0 Å². The molecule has 0 saturated carbocycles. The number of rotatable bonds is 3. The van der Waals surface area contributed by atoms with Gasteiger partial charge in [-0.2, -0.15) is 13.2 Å². The number of benzene rings is 1. The number of hydrogen-bond donors (Lipinski definition) is 1. The number of halogens is 3. The van der Waals surface area contributed by atoms with Crippen LogP contribution < -0.4 is 10.2 Å². The van der Waals surface area contributed by atoms with Crippen molar-refractivity contribution in [3.63, 3.8) is 0 Å². The number of hydrogen-bond acceptors (Lipinski definition) is 5. The van der Waals surface area contributed by atoms with Crippen molar-refractivity contribution in [3.05, 3.63) is 54.4 Å². The Balaban J connectivity index is 1.92. The quantitative estimate of drug-likeness (QED) is 0.659. The lowest BCUT2D eigenvalue weighted by Crippen LogP contribution is -2.58. The average molecular weight is 376 g/mol. The van der Waals surface area contributed by atoms with E-state index in [9.17, 15) is 27.6 Å². The first-order chi connectivity index (χ1) is 12.8. The van der Waals surface area contributed by atoms with Crippen molar-refractivity contribution in [2.75, 3.05) is 4.90 Å². The molecule has 1 aliphatic rings. The second-order valence-electron chi connectivity index (χ2n) is 5.48. The number of nitrogens with one attached hydrogen (secondary N) is 1. The first-order valence-corrected chi connectivity index (χ1v) is 7.57. The van der Waals surface area contributed by atoms with Gasteiger partial charge in [-0.15, -0.1) is 0 Å². The topological polar surface area (TPSA) is 91.7 Å². The van der Waals surface area contributed by atoms with Gasteiger partial charge in [0.2, 0.25) is 5.91 Å². The number of amides is 4. The molecule has 27 heavy (non-hydrogen) atoms. The molecule has 0 bridgehead atoms. The van der Waals surface area contributed by atoms with Gasteiger partial charge in [-0.05, 0) is 30.3 Å². The van der Waals surface area contributed by atoms with Crippen molar-refractivity contribution in [2.24, 2.45) is 10.9 Å². The minimum absolute atomic E-state index is 0.306. The Morgan fingerprint density at radius 1 is 1.15 bits per heavy atom. The summed E-state index contributed by atoms with van der Waals surface area (Å²) >= 11 is 0. The summed E-state index contributed by atoms with van der Waals surface area (Å²) in [5, 5.41) is 1.94. The molecule has 1 aliphatic heterocycles. The van der Waals surface area contributed by atoms with E-state index in [2.05, 4.69) is 9.98 Å². The van der Waals surface area contributed by atoms with Crippen LogP contribution in [0.4, 0.5) is 29.3 Å². The molecule has 1 saturated heterocycles. The lowest BCUT2D eigenvalue weighted by atomic mass is 10.1. The Labute approximate surface area is 150 Å². The normalized spacial score (nSPS) is 18.1. The van der Waals surface area contributed by atoms with Gasteiger partial charge in [0, 0.05) is 12.4 Å². The van der Waals surface area contributed by atoms with E-state index < -0.39 is 35.5 Å². The monoisotopic (exact) mass is 376 g/mol. The number of barbiturate groups is 1. The summed E-state index contributed by atoms with van der Waals surface area (Å²) in [5.74, 6) is -3.39. The maximum absolute atomic E-state index is 12.9. The van der Waals surface area contributed by atoms with E-state index in [-0.39, 0.29) is 5.69 Å². The fourth-order valence-electron chi connectivity index (χ4n) is 2.38. The number of nitrogens with zero attached hydrogens (tertiary/aromatic N) is 3. The first-order valence-electron chi connectivity index (χ1n) is 7.57. The lowest BCUT2D eigenvalue weighted by Gasteiger charge is -2.28. The van der Waals surface area contributed by atoms with Crippen molar-refractivity contribution in [1.82, 2.24) is 10.3 Å². The molecule has 0 spiro atoms. The van der Waals surface area contributed by atoms with Gasteiger partial charge >= 0.3 is 12.2 Å². The van der Waals surface area contributed by atoms with Crippen molar-refractivity contribution >= 4 is 35.4 Å². The SMILES string of the molecule is O=C1NC(=O)N(c2cccc(C(F)(F)F)c2)C(=O)[C@H]1C=Nc1cccnc1. The fourth-order valence-corrected chi connectivity index (χ4v) is 2.38. The highest BCUT2D eigenvalue weighted by molar-refractivity contribution is 6.32. The molecule has 1 atom stereocenters. The number of imide groups is 2. The summed E-state index contributed by atoms with van der Waals surface area (Å²) in [5.41, 5.74) is -0.974. The molecule has 1 N–H and O–H groups in total. The van der Waals surface area contributed by atoms with E-state index in [1.807, 2.05) is 5.32 Å². The van der Waals surface area contributed by atoms with Crippen molar-refractivity contribution in [3.8, 4) is 0 Å². The Bertz CT molecular complexity index is 929. The van der Waals surface area contributed by atoms with Crippen LogP contribution in [0.5, 0.6) is 0 Å². The minimum Gasteiger partial charge on any atom is -0.276 e. The highest BCUT2D eigenvalue weighted by Crippen LogP contribution is 2.32. The molecule has 0 aliphatic carbocycles. The van der Waals surface area contributed by atoms with Gasteiger partial charge < -0.3 is 0 Å². The third-order valence-electron chi connectivity index (χ3n) is 3.65. The van der Waals surface area contributed by atoms with Gasteiger partial charge in [0.1, 0.15) is 0 Å². The number of anilines is 1. The van der Waals surface area contributed by atoms with E-state index in [0.29, 0.717) is 16.7 Å². The average Bonchev–Trinajstić information content (AvgIpc) is 2.61. The standard InChI is InChI=1S/C17H11F3N4O3/c18-17(19,20)10-3-1-5-12(7-10)24-15(26)13(14(25)23-16(24)27)9-22-11-4-2-6-21-8-11/h1-9,13H,(H,23,25,27)/t13-/m0/s1. The largest absolute Gasteiger partial charge is 0.416 e. The zero-order valence-corrected chi connectivity index (χ0v) is 13.5. The molecule has 1 aromatic carbocycles. The molecule has 4 amide bonds. The van der Waals surface area contributed by atoms with Gasteiger partial charge in [-0.3, -0.25) is 24.9 Å². The molecule has 0 unspecified atom stereocenters. The van der Waals surface area contributed by atoms with Crippen LogP contribution in [0.15, 0.2) is 53.8 Å². The number of alkyl halides is 3. The Kier molecular flexibility index (Phi) is 4.72. The van der Waals surface area contributed by atoms with E-state index in [0.717, 1.165) is 24.4 Å². The zero-order valence-electron chi connectivity index (χ0n) is 13.5. The second kappa shape index (κ2) is 6.98. The summed E-state index contributed by atoms with van der Waals surface area (Å²) in [4.78, 5) is 44.9. The summed E-state index contributed by atoms with van der Waals surface area (Å²) < 4.78 is 38.7. The van der Waals surface area contributed by atoms with Gasteiger partial charge in [-0.25, -0.2) is 9.69 Å². The smallest absolute Gasteiger partial charge is 0.276 e. The lowest BCUT2D eigenvalue weighted by molar-refractivity contribution is -0.138.